The van der Waals surface area contributed by atoms with Crippen molar-refractivity contribution in [1.82, 2.24) is 4.90 Å². The second-order valence-electron chi connectivity index (χ2n) is 4.61. The fourth-order valence-corrected chi connectivity index (χ4v) is 1.89. The third-order valence-corrected chi connectivity index (χ3v) is 2.98. The van der Waals surface area contributed by atoms with Crippen LogP contribution in [0.25, 0.3) is 0 Å². The predicted octanol–water partition coefficient (Wildman–Crippen LogP) is 5.50. The monoisotopic (exact) mass is 243 g/mol. The zero-order valence-electron chi connectivity index (χ0n) is 13.2. The van der Waals surface area contributed by atoms with Gasteiger partial charge in [0.1, 0.15) is 0 Å². The molecule has 0 bridgehead atoms. The fourth-order valence-electron chi connectivity index (χ4n) is 1.89. The van der Waals surface area contributed by atoms with Crippen molar-refractivity contribution in [3.8, 4) is 0 Å². The van der Waals surface area contributed by atoms with Gasteiger partial charge in [0.2, 0.25) is 0 Å². The first-order valence-corrected chi connectivity index (χ1v) is 8.07. The summed E-state index contributed by atoms with van der Waals surface area (Å²) in [6.45, 7) is 14.8. The van der Waals surface area contributed by atoms with Crippen LogP contribution in [-0.4, -0.2) is 24.5 Å². The average molecular weight is 243 g/mol. The van der Waals surface area contributed by atoms with E-state index in [1.807, 2.05) is 13.8 Å². The second-order valence-corrected chi connectivity index (χ2v) is 4.61. The van der Waals surface area contributed by atoms with E-state index in [1.54, 1.807) is 0 Å². The molecule has 1 heteroatoms. The lowest BCUT2D eigenvalue weighted by Gasteiger charge is -2.21. The SMILES string of the molecule is CC.CCCCCN(CCCC)CCCCC. The third-order valence-electron chi connectivity index (χ3n) is 2.98. The zero-order valence-corrected chi connectivity index (χ0v) is 13.2. The first-order chi connectivity index (χ1) is 8.35. The first-order valence-electron chi connectivity index (χ1n) is 8.07. The van der Waals surface area contributed by atoms with Gasteiger partial charge in [-0.2, -0.15) is 0 Å². The van der Waals surface area contributed by atoms with Gasteiger partial charge in [0.15, 0.2) is 0 Å². The second kappa shape index (κ2) is 18.3. The van der Waals surface area contributed by atoms with Crippen LogP contribution in [0.3, 0.4) is 0 Å². The first kappa shape index (κ1) is 19.3. The lowest BCUT2D eigenvalue weighted by molar-refractivity contribution is 0.258. The van der Waals surface area contributed by atoms with Crippen LogP contribution in [0.5, 0.6) is 0 Å². The number of hydrogen-bond acceptors (Lipinski definition) is 1. The van der Waals surface area contributed by atoms with Crippen LogP contribution < -0.4 is 0 Å². The minimum Gasteiger partial charge on any atom is -0.303 e. The largest absolute Gasteiger partial charge is 0.303 e. The molecule has 0 amide bonds. The van der Waals surface area contributed by atoms with E-state index in [0.29, 0.717) is 0 Å². The maximum absolute atomic E-state index is 2.68. The van der Waals surface area contributed by atoms with Gasteiger partial charge in [-0.25, -0.2) is 0 Å². The molecule has 0 fully saturated rings. The van der Waals surface area contributed by atoms with Crippen LogP contribution in [0, 0.1) is 0 Å². The Morgan fingerprint density at radius 3 is 1.24 bits per heavy atom. The smallest absolute Gasteiger partial charge is 0.00187 e. The molecule has 0 saturated heterocycles. The molecule has 0 aliphatic rings. The van der Waals surface area contributed by atoms with Crippen molar-refractivity contribution in [3.05, 3.63) is 0 Å². The summed E-state index contributed by atoms with van der Waals surface area (Å²) in [4.78, 5) is 2.68. The van der Waals surface area contributed by atoms with Gasteiger partial charge in [0.25, 0.3) is 0 Å². The van der Waals surface area contributed by atoms with Crippen molar-refractivity contribution in [2.45, 2.75) is 86.0 Å². The lowest BCUT2D eigenvalue weighted by atomic mass is 10.2. The summed E-state index contributed by atoms with van der Waals surface area (Å²) in [7, 11) is 0. The van der Waals surface area contributed by atoms with Crippen LogP contribution >= 0.6 is 0 Å². The summed E-state index contributed by atoms with van der Waals surface area (Å²) < 4.78 is 0. The number of unbranched alkanes of at least 4 members (excludes halogenated alkanes) is 5. The molecule has 0 aliphatic carbocycles. The standard InChI is InChI=1S/C14H31N.C2H6/c1-4-7-10-13-15(12-9-6-3)14-11-8-5-2;1-2/h4-14H2,1-3H3;1-2H3. The molecule has 17 heavy (non-hydrogen) atoms. The Labute approximate surface area is 111 Å². The molecule has 0 saturated carbocycles. The van der Waals surface area contributed by atoms with Crippen LogP contribution in [-0.2, 0) is 0 Å². The maximum atomic E-state index is 2.68. The Balaban J connectivity index is 0. The quantitative estimate of drug-likeness (QED) is 0.433. The van der Waals surface area contributed by atoms with Crippen LogP contribution in [0.2, 0.25) is 0 Å². The van der Waals surface area contributed by atoms with E-state index in [2.05, 4.69) is 25.7 Å². The van der Waals surface area contributed by atoms with Crippen LogP contribution in [0.1, 0.15) is 86.0 Å². The Morgan fingerprint density at radius 1 is 0.529 bits per heavy atom. The highest BCUT2D eigenvalue weighted by atomic mass is 15.1. The molecule has 0 aromatic heterocycles. The Morgan fingerprint density at radius 2 is 0.882 bits per heavy atom. The van der Waals surface area contributed by atoms with E-state index in [0.717, 1.165) is 0 Å². The number of rotatable bonds is 11. The molecule has 1 nitrogen and oxygen atoms in total. The predicted molar refractivity (Wildman–Crippen MR) is 81.7 cm³/mol. The zero-order chi connectivity index (χ0) is 13.4. The number of nitrogens with zero attached hydrogens (tertiary/aromatic N) is 1. The normalized spacial score (nSPS) is 10.2. The van der Waals surface area contributed by atoms with Gasteiger partial charge in [0, 0.05) is 0 Å². The van der Waals surface area contributed by atoms with Gasteiger partial charge in [-0.05, 0) is 38.9 Å². The molecule has 0 aromatic rings. The molecule has 0 atom stereocenters. The molecule has 106 valence electrons. The Kier molecular flexibility index (Phi) is 20.8. The van der Waals surface area contributed by atoms with Gasteiger partial charge in [-0.15, -0.1) is 0 Å². The summed E-state index contributed by atoms with van der Waals surface area (Å²) in [6.07, 6.45) is 11.0. The highest BCUT2D eigenvalue weighted by Crippen LogP contribution is 2.04. The van der Waals surface area contributed by atoms with Gasteiger partial charge in [-0.1, -0.05) is 66.7 Å². The molecule has 0 unspecified atom stereocenters. The third kappa shape index (κ3) is 16.0. The molecule has 0 rings (SSSR count). The molecule has 0 N–H and O–H groups in total. The van der Waals surface area contributed by atoms with E-state index in [1.165, 1.54) is 71.0 Å². The van der Waals surface area contributed by atoms with Crippen molar-refractivity contribution in [3.63, 3.8) is 0 Å². The number of hydrogen-bond donors (Lipinski definition) is 0. The summed E-state index contributed by atoms with van der Waals surface area (Å²) in [5, 5.41) is 0. The molecular weight excluding hydrogens is 206 g/mol. The fraction of sp³-hybridized carbons (Fsp3) is 1.00. The van der Waals surface area contributed by atoms with E-state index in [9.17, 15) is 0 Å². The Bertz CT molecular complexity index is 102. The lowest BCUT2D eigenvalue weighted by Crippen LogP contribution is -2.27. The van der Waals surface area contributed by atoms with Crippen molar-refractivity contribution in [2.75, 3.05) is 19.6 Å². The molecule has 0 heterocycles. The molecular formula is C16H37N. The van der Waals surface area contributed by atoms with Gasteiger partial charge in [0.05, 0.1) is 0 Å². The van der Waals surface area contributed by atoms with Crippen molar-refractivity contribution < 1.29 is 0 Å². The van der Waals surface area contributed by atoms with Gasteiger partial charge in [-0.3, -0.25) is 0 Å². The van der Waals surface area contributed by atoms with E-state index >= 15 is 0 Å². The molecule has 0 aromatic carbocycles. The van der Waals surface area contributed by atoms with Crippen LogP contribution in [0.4, 0.5) is 0 Å². The van der Waals surface area contributed by atoms with E-state index in [-0.39, 0.29) is 0 Å². The summed E-state index contributed by atoms with van der Waals surface area (Å²) in [6, 6.07) is 0. The highest BCUT2D eigenvalue weighted by molar-refractivity contribution is 4.58. The van der Waals surface area contributed by atoms with Crippen molar-refractivity contribution in [1.29, 1.82) is 0 Å². The summed E-state index contributed by atoms with van der Waals surface area (Å²) >= 11 is 0. The topological polar surface area (TPSA) is 3.24 Å². The molecule has 0 spiro atoms. The summed E-state index contributed by atoms with van der Waals surface area (Å²) in [5.74, 6) is 0. The van der Waals surface area contributed by atoms with E-state index in [4.69, 9.17) is 0 Å². The van der Waals surface area contributed by atoms with Gasteiger partial charge >= 0.3 is 0 Å². The summed E-state index contributed by atoms with van der Waals surface area (Å²) in [5.41, 5.74) is 0. The average Bonchev–Trinajstić information content (AvgIpc) is 2.38. The highest BCUT2D eigenvalue weighted by Gasteiger charge is 2.02. The van der Waals surface area contributed by atoms with Crippen molar-refractivity contribution in [2.24, 2.45) is 0 Å². The Hall–Kier alpha value is -0.0400. The maximum Gasteiger partial charge on any atom is -0.00187 e. The van der Waals surface area contributed by atoms with Gasteiger partial charge < -0.3 is 4.90 Å². The van der Waals surface area contributed by atoms with E-state index < -0.39 is 0 Å². The minimum absolute atomic E-state index is 1.32. The van der Waals surface area contributed by atoms with Crippen LogP contribution in [0.15, 0.2) is 0 Å². The minimum atomic E-state index is 1.32. The molecule has 0 radical (unpaired) electrons. The molecule has 0 aliphatic heterocycles. The van der Waals surface area contributed by atoms with Crippen molar-refractivity contribution >= 4 is 0 Å².